The largest absolute Gasteiger partial charge is 0.351 e. The van der Waals surface area contributed by atoms with Crippen LogP contribution >= 0.6 is 0 Å². The van der Waals surface area contributed by atoms with Crippen LogP contribution in [0.2, 0.25) is 0 Å². The van der Waals surface area contributed by atoms with Crippen molar-refractivity contribution in [2.24, 2.45) is 10.9 Å². The lowest BCUT2D eigenvalue weighted by Gasteiger charge is -2.27. The van der Waals surface area contributed by atoms with Crippen LogP contribution in [-0.2, 0) is 9.59 Å². The van der Waals surface area contributed by atoms with Gasteiger partial charge >= 0.3 is 0 Å². The Labute approximate surface area is 162 Å². The first kappa shape index (κ1) is 21.2. The SMILES string of the molecule is CCC(C)(C)NC(=N[C@H]1CCCCN(CC(=O)C2CCCC2)C1=O)NC#N. The molecule has 27 heavy (non-hydrogen) atoms. The van der Waals surface area contributed by atoms with Crippen molar-refractivity contribution in [2.45, 2.75) is 83.7 Å². The fourth-order valence-corrected chi connectivity index (χ4v) is 3.64. The van der Waals surface area contributed by atoms with Gasteiger partial charge in [-0.15, -0.1) is 0 Å². The summed E-state index contributed by atoms with van der Waals surface area (Å²) in [6.45, 7) is 6.89. The average Bonchev–Trinajstić information content (AvgIpc) is 3.11. The Hall–Kier alpha value is -2.10. The Morgan fingerprint density at radius 3 is 2.56 bits per heavy atom. The number of hydrogen-bond acceptors (Lipinski definition) is 4. The molecule has 0 spiro atoms. The molecule has 2 rings (SSSR count). The van der Waals surface area contributed by atoms with Gasteiger partial charge in [0.1, 0.15) is 6.04 Å². The molecule has 1 heterocycles. The van der Waals surface area contributed by atoms with Gasteiger partial charge in [0.05, 0.1) is 6.54 Å². The third kappa shape index (κ3) is 6.23. The lowest BCUT2D eigenvalue weighted by Crippen LogP contribution is -2.49. The highest BCUT2D eigenvalue weighted by Crippen LogP contribution is 2.26. The zero-order chi connectivity index (χ0) is 19.9. The normalized spacial score (nSPS) is 22.3. The second-order valence-electron chi connectivity index (χ2n) is 8.30. The van der Waals surface area contributed by atoms with Gasteiger partial charge in [-0.25, -0.2) is 4.99 Å². The summed E-state index contributed by atoms with van der Waals surface area (Å²) in [7, 11) is 0. The van der Waals surface area contributed by atoms with Crippen molar-refractivity contribution in [3.05, 3.63) is 0 Å². The van der Waals surface area contributed by atoms with E-state index in [-0.39, 0.29) is 29.7 Å². The summed E-state index contributed by atoms with van der Waals surface area (Å²) in [6.07, 6.45) is 9.26. The summed E-state index contributed by atoms with van der Waals surface area (Å²) in [6, 6.07) is -0.556. The third-order valence-electron chi connectivity index (χ3n) is 5.71. The number of carbonyl (C=O) groups is 2. The first-order valence-corrected chi connectivity index (χ1v) is 10.2. The number of nitriles is 1. The van der Waals surface area contributed by atoms with Gasteiger partial charge in [0, 0.05) is 18.0 Å². The smallest absolute Gasteiger partial charge is 0.247 e. The Kier molecular flexibility index (Phi) is 7.64. The second kappa shape index (κ2) is 9.72. The fraction of sp³-hybridized carbons (Fsp3) is 0.800. The van der Waals surface area contributed by atoms with E-state index >= 15 is 0 Å². The molecular weight excluding hydrogens is 342 g/mol. The first-order valence-electron chi connectivity index (χ1n) is 10.2. The molecule has 0 aromatic heterocycles. The van der Waals surface area contributed by atoms with Crippen molar-refractivity contribution < 1.29 is 9.59 Å². The number of aliphatic imine (C=N–C) groups is 1. The molecule has 0 radical (unpaired) electrons. The van der Waals surface area contributed by atoms with Gasteiger partial charge in [0.25, 0.3) is 0 Å². The molecule has 0 aromatic rings. The molecule has 2 fully saturated rings. The van der Waals surface area contributed by atoms with Crippen LogP contribution in [-0.4, -0.2) is 47.2 Å². The highest BCUT2D eigenvalue weighted by molar-refractivity contribution is 5.92. The number of ketones is 1. The number of Topliss-reactive ketones (excluding diaryl/α,β-unsaturated/α-hetero) is 1. The molecule has 150 valence electrons. The van der Waals surface area contributed by atoms with Crippen LogP contribution in [0.1, 0.15) is 72.1 Å². The summed E-state index contributed by atoms with van der Waals surface area (Å²) in [5.41, 5.74) is -0.241. The minimum Gasteiger partial charge on any atom is -0.351 e. The maximum Gasteiger partial charge on any atom is 0.247 e. The van der Waals surface area contributed by atoms with Gasteiger partial charge in [-0.05, 0) is 52.4 Å². The van der Waals surface area contributed by atoms with Crippen molar-refractivity contribution in [1.82, 2.24) is 15.5 Å². The van der Waals surface area contributed by atoms with Gasteiger partial charge in [-0.3, -0.25) is 14.9 Å². The molecule has 1 aliphatic heterocycles. The van der Waals surface area contributed by atoms with Crippen LogP contribution in [0.5, 0.6) is 0 Å². The van der Waals surface area contributed by atoms with E-state index in [9.17, 15) is 9.59 Å². The zero-order valence-electron chi connectivity index (χ0n) is 16.9. The van der Waals surface area contributed by atoms with E-state index in [1.807, 2.05) is 27.0 Å². The monoisotopic (exact) mass is 375 g/mol. The number of nitrogens with one attached hydrogen (secondary N) is 2. The molecule has 0 unspecified atom stereocenters. The minimum atomic E-state index is -0.556. The van der Waals surface area contributed by atoms with E-state index in [4.69, 9.17) is 5.26 Å². The maximum absolute atomic E-state index is 13.0. The molecule has 1 saturated carbocycles. The van der Waals surface area contributed by atoms with Crippen molar-refractivity contribution in [3.63, 3.8) is 0 Å². The number of nitrogens with zero attached hydrogens (tertiary/aromatic N) is 3. The number of likely N-dealkylation sites (tertiary alicyclic amines) is 1. The molecule has 7 nitrogen and oxygen atoms in total. The topological polar surface area (TPSA) is 97.6 Å². The van der Waals surface area contributed by atoms with Crippen molar-refractivity contribution in [1.29, 1.82) is 5.26 Å². The third-order valence-corrected chi connectivity index (χ3v) is 5.71. The van der Waals surface area contributed by atoms with Crippen LogP contribution < -0.4 is 10.6 Å². The molecule has 1 aliphatic carbocycles. The first-order chi connectivity index (χ1) is 12.9. The summed E-state index contributed by atoms with van der Waals surface area (Å²) in [5.74, 6) is 0.524. The molecule has 1 amide bonds. The molecule has 1 atom stereocenters. The molecule has 0 aromatic carbocycles. The minimum absolute atomic E-state index is 0.104. The van der Waals surface area contributed by atoms with Crippen LogP contribution in [0.25, 0.3) is 0 Å². The van der Waals surface area contributed by atoms with Crippen LogP contribution in [0.15, 0.2) is 4.99 Å². The number of rotatable bonds is 6. The van der Waals surface area contributed by atoms with E-state index in [1.165, 1.54) is 0 Å². The lowest BCUT2D eigenvalue weighted by molar-refractivity contribution is -0.137. The van der Waals surface area contributed by atoms with Gasteiger partial charge in [-0.2, -0.15) is 5.26 Å². The van der Waals surface area contributed by atoms with Crippen molar-refractivity contribution in [2.75, 3.05) is 13.1 Å². The average molecular weight is 376 g/mol. The van der Waals surface area contributed by atoms with Gasteiger partial charge in [0.15, 0.2) is 12.0 Å². The zero-order valence-corrected chi connectivity index (χ0v) is 16.9. The van der Waals surface area contributed by atoms with Gasteiger partial charge < -0.3 is 10.2 Å². The van der Waals surface area contributed by atoms with Crippen molar-refractivity contribution in [3.8, 4) is 6.19 Å². The van der Waals surface area contributed by atoms with E-state index in [2.05, 4.69) is 15.6 Å². The Bertz CT molecular complexity index is 602. The molecular formula is C20H33N5O2. The molecule has 2 N–H and O–H groups in total. The number of guanidine groups is 1. The molecule has 2 aliphatic rings. The fourth-order valence-electron chi connectivity index (χ4n) is 3.64. The predicted octanol–water partition coefficient (Wildman–Crippen LogP) is 2.33. The molecule has 1 saturated heterocycles. The molecule has 0 bridgehead atoms. The quantitative estimate of drug-likeness (QED) is 0.321. The highest BCUT2D eigenvalue weighted by Gasteiger charge is 2.31. The maximum atomic E-state index is 13.0. The van der Waals surface area contributed by atoms with Crippen LogP contribution in [0, 0.1) is 17.4 Å². The summed E-state index contributed by atoms with van der Waals surface area (Å²) in [5, 5.41) is 14.8. The second-order valence-corrected chi connectivity index (χ2v) is 8.30. The van der Waals surface area contributed by atoms with E-state index in [0.717, 1.165) is 44.9 Å². The van der Waals surface area contributed by atoms with Crippen LogP contribution in [0.3, 0.4) is 0 Å². The van der Waals surface area contributed by atoms with Gasteiger partial charge in [-0.1, -0.05) is 19.8 Å². The standard InChI is InChI=1S/C20H33N5O2/c1-4-20(2,3)24-19(22-14-21)23-16-11-7-8-12-25(18(16)27)13-17(26)15-9-5-6-10-15/h15-16H,4-13H2,1-3H3,(H2,22,23,24)/t16-/m0/s1. The van der Waals surface area contributed by atoms with Gasteiger partial charge in [0.2, 0.25) is 11.9 Å². The summed E-state index contributed by atoms with van der Waals surface area (Å²) in [4.78, 5) is 31.7. The predicted molar refractivity (Wildman–Crippen MR) is 105 cm³/mol. The Balaban J connectivity index is 2.10. The Morgan fingerprint density at radius 1 is 1.26 bits per heavy atom. The number of carbonyl (C=O) groups excluding carboxylic acids is 2. The highest BCUT2D eigenvalue weighted by atomic mass is 16.2. The molecule has 7 heteroatoms. The van der Waals surface area contributed by atoms with Crippen LogP contribution in [0.4, 0.5) is 0 Å². The lowest BCUT2D eigenvalue weighted by atomic mass is 10.0. The van der Waals surface area contributed by atoms with Crippen molar-refractivity contribution >= 4 is 17.6 Å². The number of amides is 1. The van der Waals surface area contributed by atoms with E-state index in [0.29, 0.717) is 18.9 Å². The van der Waals surface area contributed by atoms with E-state index < -0.39 is 6.04 Å². The Morgan fingerprint density at radius 2 is 1.93 bits per heavy atom. The van der Waals surface area contributed by atoms with E-state index in [1.54, 1.807) is 4.90 Å². The summed E-state index contributed by atoms with van der Waals surface area (Å²) < 4.78 is 0. The summed E-state index contributed by atoms with van der Waals surface area (Å²) >= 11 is 0. The number of hydrogen-bond donors (Lipinski definition) is 2.